The van der Waals surface area contributed by atoms with E-state index in [1.165, 1.54) is 0 Å². The highest BCUT2D eigenvalue weighted by atomic mass is 16.7. The van der Waals surface area contributed by atoms with Crippen LogP contribution in [0.5, 0.6) is 17.2 Å². The molecule has 0 unspecified atom stereocenters. The number of methoxy groups -OCH3 is 3. The molecule has 9 nitrogen and oxygen atoms in total. The number of hydrogen-bond donors (Lipinski definition) is 0. The second-order valence-corrected chi connectivity index (χ2v) is 13.4. The predicted octanol–water partition coefficient (Wildman–Crippen LogP) is 8.89. The number of anilines is 3. The van der Waals surface area contributed by atoms with Gasteiger partial charge in [-0.3, -0.25) is 0 Å². The minimum Gasteiger partial charge on any atom is -0.496 e. The third kappa shape index (κ3) is 13.8. The Kier molecular flexibility index (Phi) is 19.6. The summed E-state index contributed by atoms with van der Waals surface area (Å²) in [7, 11) is 4.37. The second kappa shape index (κ2) is 23.9. The van der Waals surface area contributed by atoms with Crippen LogP contribution in [0.4, 0.5) is 17.1 Å². The molecule has 0 radical (unpaired) electrons. The van der Waals surface area contributed by atoms with Gasteiger partial charge in [0, 0.05) is 74.5 Å². The maximum Gasteiger partial charge on any atom is 0.639 e. The van der Waals surface area contributed by atoms with Crippen LogP contribution in [-0.2, 0) is 14.0 Å². The zero-order valence-electron chi connectivity index (χ0n) is 33.7. The number of ether oxygens (including phenoxy) is 3. The molecule has 0 fully saturated rings. The van der Waals surface area contributed by atoms with Crippen LogP contribution in [0.15, 0.2) is 54.6 Å². The second-order valence-electron chi connectivity index (χ2n) is 13.4. The molecular weight excluding hydrogens is 653 g/mol. The number of benzene rings is 3. The van der Waals surface area contributed by atoms with Crippen LogP contribution in [0.25, 0.3) is 0 Å². The van der Waals surface area contributed by atoms with Gasteiger partial charge in [0.15, 0.2) is 0 Å². The number of unbranched alkanes of at least 4 members (excludes halogenated alkanes) is 3. The van der Waals surface area contributed by atoms with Gasteiger partial charge in [0.05, 0.1) is 41.2 Å². The molecule has 3 aromatic carbocycles. The summed E-state index contributed by atoms with van der Waals surface area (Å²) < 4.78 is 36.1. The molecule has 3 aromatic rings. The smallest absolute Gasteiger partial charge is 0.496 e. The van der Waals surface area contributed by atoms with E-state index in [1.807, 2.05) is 0 Å². The highest BCUT2D eigenvalue weighted by Crippen LogP contribution is 2.28. The first kappa shape index (κ1) is 42.8. The lowest BCUT2D eigenvalue weighted by Crippen LogP contribution is -2.38. The van der Waals surface area contributed by atoms with E-state index in [9.17, 15) is 0 Å². The lowest BCUT2D eigenvalue weighted by atomic mass is 10.1. The summed E-state index contributed by atoms with van der Waals surface area (Å²) in [6, 6.07) is 19.2. The molecule has 3 rings (SSSR count). The van der Waals surface area contributed by atoms with Crippen LogP contribution in [0.2, 0.25) is 0 Å². The van der Waals surface area contributed by atoms with E-state index >= 15 is 0 Å². The normalized spacial score (nSPS) is 11.0. The Hall–Kier alpha value is -3.60. The molecular formula is C42H66BN3O6. The minimum atomic E-state index is -0.804. The van der Waals surface area contributed by atoms with E-state index < -0.39 is 7.32 Å². The maximum absolute atomic E-state index is 6.40. The Morgan fingerprint density at radius 3 is 0.981 bits per heavy atom. The fraction of sp³-hybridized carbons (Fsp3) is 0.571. The minimum absolute atomic E-state index is 0.452. The van der Waals surface area contributed by atoms with Gasteiger partial charge in [0.1, 0.15) is 17.2 Å². The number of aryl methyl sites for hydroxylation is 3. The first-order chi connectivity index (χ1) is 25.3. The van der Waals surface area contributed by atoms with Gasteiger partial charge >= 0.3 is 7.32 Å². The SMILES string of the molecule is CCCCN(CCOB(OCCN(CCCC)c1ccc(C)c(OC)c1)OCCN(CCCC)c1ccc(C)c(OC)c1)c1ccc(C)c(OC)c1. The fourth-order valence-electron chi connectivity index (χ4n) is 6.09. The van der Waals surface area contributed by atoms with Gasteiger partial charge in [-0.15, -0.1) is 0 Å². The van der Waals surface area contributed by atoms with Gasteiger partial charge in [-0.25, -0.2) is 0 Å². The Bertz CT molecular complexity index is 1270. The Morgan fingerprint density at radius 1 is 0.442 bits per heavy atom. The molecule has 0 N–H and O–H groups in total. The topological polar surface area (TPSA) is 65.1 Å². The van der Waals surface area contributed by atoms with Gasteiger partial charge in [-0.2, -0.15) is 0 Å². The van der Waals surface area contributed by atoms with Crippen LogP contribution >= 0.6 is 0 Å². The summed E-state index contributed by atoms with van der Waals surface area (Å²) in [6.45, 7) is 19.1. The number of nitrogens with zero attached hydrogens (tertiary/aromatic N) is 3. The lowest BCUT2D eigenvalue weighted by Gasteiger charge is -2.28. The van der Waals surface area contributed by atoms with Crippen molar-refractivity contribution in [2.75, 3.05) is 95.1 Å². The average molecular weight is 720 g/mol. The van der Waals surface area contributed by atoms with Gasteiger partial charge in [0.25, 0.3) is 0 Å². The number of hydrogen-bond acceptors (Lipinski definition) is 9. The molecule has 0 aliphatic carbocycles. The summed E-state index contributed by atoms with van der Waals surface area (Å²) in [6.07, 6.45) is 6.58. The zero-order chi connectivity index (χ0) is 37.7. The van der Waals surface area contributed by atoms with Gasteiger partial charge in [-0.05, 0) is 74.9 Å². The molecule has 0 saturated carbocycles. The molecule has 0 bridgehead atoms. The van der Waals surface area contributed by atoms with E-state index in [1.54, 1.807) is 21.3 Å². The molecule has 0 atom stereocenters. The van der Waals surface area contributed by atoms with E-state index in [2.05, 4.69) is 111 Å². The van der Waals surface area contributed by atoms with Crippen molar-refractivity contribution in [3.63, 3.8) is 0 Å². The van der Waals surface area contributed by atoms with Crippen molar-refractivity contribution in [3.05, 3.63) is 71.3 Å². The average Bonchev–Trinajstić information content (AvgIpc) is 3.16. The Morgan fingerprint density at radius 2 is 0.731 bits per heavy atom. The quantitative estimate of drug-likeness (QED) is 0.0719. The highest BCUT2D eigenvalue weighted by molar-refractivity contribution is 6.36. The molecule has 288 valence electrons. The largest absolute Gasteiger partial charge is 0.639 e. The van der Waals surface area contributed by atoms with Crippen LogP contribution in [-0.4, -0.2) is 87.7 Å². The third-order valence-corrected chi connectivity index (χ3v) is 9.46. The van der Waals surface area contributed by atoms with Crippen molar-refractivity contribution >= 4 is 24.4 Å². The van der Waals surface area contributed by atoms with E-state index in [-0.39, 0.29) is 0 Å². The van der Waals surface area contributed by atoms with Gasteiger partial charge in [0.2, 0.25) is 0 Å². The first-order valence-corrected chi connectivity index (χ1v) is 19.3. The summed E-state index contributed by atoms with van der Waals surface area (Å²) in [5.74, 6) is 2.67. The van der Waals surface area contributed by atoms with E-state index in [4.69, 9.17) is 28.2 Å². The van der Waals surface area contributed by atoms with Crippen molar-refractivity contribution in [3.8, 4) is 17.2 Å². The van der Waals surface area contributed by atoms with Gasteiger partial charge in [-0.1, -0.05) is 58.2 Å². The van der Waals surface area contributed by atoms with Crippen molar-refractivity contribution in [2.24, 2.45) is 0 Å². The summed E-state index contributed by atoms with van der Waals surface area (Å²) in [5.41, 5.74) is 6.73. The van der Waals surface area contributed by atoms with E-state index in [0.29, 0.717) is 39.5 Å². The highest BCUT2D eigenvalue weighted by Gasteiger charge is 2.24. The first-order valence-electron chi connectivity index (χ1n) is 19.3. The summed E-state index contributed by atoms with van der Waals surface area (Å²) in [5, 5.41) is 0. The summed E-state index contributed by atoms with van der Waals surface area (Å²) >= 11 is 0. The molecule has 0 saturated heterocycles. The molecule has 0 aliphatic heterocycles. The molecule has 52 heavy (non-hydrogen) atoms. The molecule has 10 heteroatoms. The summed E-state index contributed by atoms with van der Waals surface area (Å²) in [4.78, 5) is 7.07. The third-order valence-electron chi connectivity index (χ3n) is 9.46. The van der Waals surface area contributed by atoms with Crippen LogP contribution in [0, 0.1) is 20.8 Å². The molecule has 0 aromatic heterocycles. The van der Waals surface area contributed by atoms with Crippen molar-refractivity contribution < 1.29 is 28.2 Å². The number of rotatable bonds is 27. The molecule has 0 spiro atoms. The van der Waals surface area contributed by atoms with Crippen molar-refractivity contribution in [2.45, 2.75) is 80.1 Å². The molecule has 0 amide bonds. The van der Waals surface area contributed by atoms with Gasteiger partial charge < -0.3 is 42.9 Å². The van der Waals surface area contributed by atoms with Crippen LogP contribution in [0.3, 0.4) is 0 Å². The molecule has 0 heterocycles. The lowest BCUT2D eigenvalue weighted by molar-refractivity contribution is 0.0991. The van der Waals surface area contributed by atoms with E-state index in [0.717, 1.165) is 109 Å². The fourth-order valence-corrected chi connectivity index (χ4v) is 6.09. The Labute approximate surface area is 315 Å². The Balaban J connectivity index is 1.74. The monoisotopic (exact) mass is 720 g/mol. The van der Waals surface area contributed by atoms with Crippen LogP contribution in [0.1, 0.15) is 76.0 Å². The maximum atomic E-state index is 6.40. The standard InChI is InChI=1S/C42H66BN3O6/c1-10-13-22-44(37-19-16-34(4)40(31-37)47-7)25-28-50-43(51-29-26-45(23-14-11-2)38-20-17-35(5)41(32-38)48-8)52-30-27-46(24-15-12-3)39-21-18-36(6)42(33-39)49-9/h16-21,31-33H,10-15,22-30H2,1-9H3. The van der Waals surface area contributed by atoms with Crippen LogP contribution < -0.4 is 28.9 Å². The van der Waals surface area contributed by atoms with Crippen molar-refractivity contribution in [1.82, 2.24) is 0 Å². The zero-order valence-corrected chi connectivity index (χ0v) is 33.7. The predicted molar refractivity (Wildman–Crippen MR) is 218 cm³/mol. The molecule has 0 aliphatic rings. The van der Waals surface area contributed by atoms with Crippen molar-refractivity contribution in [1.29, 1.82) is 0 Å².